The van der Waals surface area contributed by atoms with Gasteiger partial charge < -0.3 is 5.73 Å². The van der Waals surface area contributed by atoms with E-state index in [4.69, 9.17) is 5.73 Å². The molecule has 0 saturated heterocycles. The maximum absolute atomic E-state index is 12.1. The molecule has 6 heteroatoms. The van der Waals surface area contributed by atoms with E-state index >= 15 is 0 Å². The number of carbonyl (C=O) groups excluding carboxylic acids is 1. The third-order valence-corrected chi connectivity index (χ3v) is 3.45. The van der Waals surface area contributed by atoms with E-state index < -0.39 is 5.54 Å². The van der Waals surface area contributed by atoms with Crippen LogP contribution in [0.2, 0.25) is 0 Å². The molecule has 0 aliphatic carbocycles. The van der Waals surface area contributed by atoms with Crippen LogP contribution in [0, 0.1) is 0 Å². The number of hydrogen-bond donors (Lipinski definition) is 2. The number of nitrogens with one attached hydrogen (secondary N) is 1. The summed E-state index contributed by atoms with van der Waals surface area (Å²) in [5.74, 6) is -0.0265. The molecule has 0 radical (unpaired) electrons. The van der Waals surface area contributed by atoms with Crippen LogP contribution in [-0.2, 0) is 17.6 Å². The molecule has 0 aromatic carbocycles. The van der Waals surface area contributed by atoms with Gasteiger partial charge in [-0.3, -0.25) is 10.1 Å². The van der Waals surface area contributed by atoms with Crippen LogP contribution in [0.25, 0.3) is 0 Å². The summed E-state index contributed by atoms with van der Waals surface area (Å²) in [7, 11) is 0. The third-order valence-electron chi connectivity index (χ3n) is 3.45. The van der Waals surface area contributed by atoms with Gasteiger partial charge >= 0.3 is 0 Å². The number of nitrogens with zero attached hydrogens (tertiary/aromatic N) is 3. The molecule has 0 bridgehead atoms. The molecule has 0 unspecified atom stereocenters. The van der Waals surface area contributed by atoms with Crippen LogP contribution >= 0.6 is 0 Å². The first-order chi connectivity index (χ1) is 9.00. The molecule has 0 aliphatic rings. The zero-order valence-corrected chi connectivity index (χ0v) is 12.2. The SMILES string of the molecule is CCc1nnc(NC(=O)C(N)(CC)CC)nc1CC. The quantitative estimate of drug-likeness (QED) is 0.812. The molecule has 1 heterocycles. The average molecular weight is 265 g/mol. The Bertz CT molecular complexity index is 443. The van der Waals surface area contributed by atoms with Crippen LogP contribution in [0.15, 0.2) is 0 Å². The molecular weight excluding hydrogens is 242 g/mol. The number of anilines is 1. The maximum atomic E-state index is 12.1. The van der Waals surface area contributed by atoms with Gasteiger partial charge in [0.15, 0.2) is 0 Å². The highest BCUT2D eigenvalue weighted by molar-refractivity contribution is 5.96. The van der Waals surface area contributed by atoms with Crippen molar-refractivity contribution in [1.82, 2.24) is 15.2 Å². The van der Waals surface area contributed by atoms with Crippen molar-refractivity contribution in [3.8, 4) is 0 Å². The number of nitrogens with two attached hydrogens (primary N) is 1. The number of hydrogen-bond acceptors (Lipinski definition) is 5. The van der Waals surface area contributed by atoms with E-state index in [0.29, 0.717) is 12.8 Å². The second-order valence-electron chi connectivity index (χ2n) is 4.55. The fourth-order valence-electron chi connectivity index (χ4n) is 1.79. The molecule has 1 amide bonds. The molecule has 0 saturated carbocycles. The van der Waals surface area contributed by atoms with Crippen LogP contribution in [0.3, 0.4) is 0 Å². The number of rotatable bonds is 6. The largest absolute Gasteiger partial charge is 0.317 e. The second kappa shape index (κ2) is 6.56. The van der Waals surface area contributed by atoms with Gasteiger partial charge in [-0.15, -0.1) is 10.2 Å². The Morgan fingerprint density at radius 1 is 1.11 bits per heavy atom. The van der Waals surface area contributed by atoms with Gasteiger partial charge in [0.05, 0.1) is 16.9 Å². The molecule has 0 aliphatic heterocycles. The van der Waals surface area contributed by atoms with E-state index in [-0.39, 0.29) is 11.9 Å². The van der Waals surface area contributed by atoms with Crippen LogP contribution in [0.4, 0.5) is 5.95 Å². The summed E-state index contributed by atoms with van der Waals surface area (Å²) in [5, 5.41) is 10.7. The van der Waals surface area contributed by atoms with Crippen molar-refractivity contribution in [2.45, 2.75) is 58.9 Å². The van der Waals surface area contributed by atoms with E-state index in [1.165, 1.54) is 0 Å². The molecule has 0 atom stereocenters. The summed E-state index contributed by atoms with van der Waals surface area (Å²) in [4.78, 5) is 16.4. The highest BCUT2D eigenvalue weighted by Crippen LogP contribution is 2.14. The van der Waals surface area contributed by atoms with Crippen molar-refractivity contribution in [2.75, 3.05) is 5.32 Å². The van der Waals surface area contributed by atoms with Gasteiger partial charge in [0.25, 0.3) is 0 Å². The maximum Gasteiger partial charge on any atom is 0.249 e. The van der Waals surface area contributed by atoms with Gasteiger partial charge in [-0.2, -0.15) is 0 Å². The molecular formula is C13H23N5O. The Kier molecular flexibility index (Phi) is 5.35. The van der Waals surface area contributed by atoms with Gasteiger partial charge in [0.2, 0.25) is 11.9 Å². The normalized spacial score (nSPS) is 11.4. The Balaban J connectivity index is 2.91. The Hall–Kier alpha value is -1.56. The van der Waals surface area contributed by atoms with E-state index in [9.17, 15) is 4.79 Å². The van der Waals surface area contributed by atoms with Crippen molar-refractivity contribution < 1.29 is 4.79 Å². The van der Waals surface area contributed by atoms with Crippen LogP contribution in [-0.4, -0.2) is 26.6 Å². The second-order valence-corrected chi connectivity index (χ2v) is 4.55. The molecule has 1 rings (SSSR count). The lowest BCUT2D eigenvalue weighted by Crippen LogP contribution is -2.50. The minimum Gasteiger partial charge on any atom is -0.317 e. The average Bonchev–Trinajstić information content (AvgIpc) is 2.45. The van der Waals surface area contributed by atoms with E-state index in [2.05, 4.69) is 20.5 Å². The smallest absolute Gasteiger partial charge is 0.249 e. The Morgan fingerprint density at radius 3 is 2.16 bits per heavy atom. The minimum absolute atomic E-state index is 0.232. The van der Waals surface area contributed by atoms with Crippen LogP contribution in [0.1, 0.15) is 51.9 Å². The fraction of sp³-hybridized carbons (Fsp3) is 0.692. The minimum atomic E-state index is -0.876. The molecule has 3 N–H and O–H groups in total. The predicted molar refractivity (Wildman–Crippen MR) is 74.7 cm³/mol. The summed E-state index contributed by atoms with van der Waals surface area (Å²) < 4.78 is 0. The molecule has 19 heavy (non-hydrogen) atoms. The summed E-state index contributed by atoms with van der Waals surface area (Å²) >= 11 is 0. The first-order valence-electron chi connectivity index (χ1n) is 6.83. The third kappa shape index (κ3) is 3.47. The highest BCUT2D eigenvalue weighted by Gasteiger charge is 2.30. The predicted octanol–water partition coefficient (Wildman–Crippen LogP) is 1.45. The fourth-order valence-corrected chi connectivity index (χ4v) is 1.79. The number of aromatic nitrogens is 3. The van der Waals surface area contributed by atoms with Gasteiger partial charge in [0, 0.05) is 0 Å². The van der Waals surface area contributed by atoms with Crippen LogP contribution in [0.5, 0.6) is 0 Å². The van der Waals surface area contributed by atoms with E-state index in [1.807, 2.05) is 27.7 Å². The van der Waals surface area contributed by atoms with Gasteiger partial charge in [-0.1, -0.05) is 27.7 Å². The standard InChI is InChI=1S/C13H23N5O/c1-5-9-10(6-2)17-18-12(15-9)16-11(19)13(14,7-3)8-4/h5-8,14H2,1-4H3,(H,15,16,18,19). The molecule has 1 aromatic heterocycles. The Labute approximate surface area is 114 Å². The summed E-state index contributed by atoms with van der Waals surface area (Å²) in [6.45, 7) is 7.78. The van der Waals surface area contributed by atoms with Gasteiger partial charge in [-0.05, 0) is 25.7 Å². The van der Waals surface area contributed by atoms with E-state index in [0.717, 1.165) is 24.2 Å². The molecule has 0 spiro atoms. The number of amides is 1. The van der Waals surface area contributed by atoms with Crippen molar-refractivity contribution in [1.29, 1.82) is 0 Å². The van der Waals surface area contributed by atoms with Crippen LogP contribution < -0.4 is 11.1 Å². The summed E-state index contributed by atoms with van der Waals surface area (Å²) in [6, 6.07) is 0. The molecule has 106 valence electrons. The summed E-state index contributed by atoms with van der Waals surface area (Å²) in [6.07, 6.45) is 2.67. The lowest BCUT2D eigenvalue weighted by atomic mass is 9.93. The highest BCUT2D eigenvalue weighted by atomic mass is 16.2. The first-order valence-corrected chi connectivity index (χ1v) is 6.83. The first kappa shape index (κ1) is 15.5. The molecule has 6 nitrogen and oxygen atoms in total. The number of carbonyl (C=O) groups is 1. The van der Waals surface area contributed by atoms with Crippen molar-refractivity contribution in [3.05, 3.63) is 11.4 Å². The zero-order chi connectivity index (χ0) is 14.5. The van der Waals surface area contributed by atoms with E-state index in [1.54, 1.807) is 0 Å². The van der Waals surface area contributed by atoms with Crippen molar-refractivity contribution >= 4 is 11.9 Å². The Morgan fingerprint density at radius 2 is 1.68 bits per heavy atom. The molecule has 1 aromatic rings. The van der Waals surface area contributed by atoms with Gasteiger partial charge in [0.1, 0.15) is 0 Å². The monoisotopic (exact) mass is 265 g/mol. The number of aryl methyl sites for hydroxylation is 2. The van der Waals surface area contributed by atoms with Gasteiger partial charge in [-0.25, -0.2) is 4.98 Å². The van der Waals surface area contributed by atoms with Crippen molar-refractivity contribution in [3.63, 3.8) is 0 Å². The molecule has 0 fully saturated rings. The zero-order valence-electron chi connectivity index (χ0n) is 12.2. The lowest BCUT2D eigenvalue weighted by Gasteiger charge is -2.24. The topological polar surface area (TPSA) is 93.8 Å². The summed E-state index contributed by atoms with van der Waals surface area (Å²) in [5.41, 5.74) is 6.88. The van der Waals surface area contributed by atoms with Crippen molar-refractivity contribution in [2.24, 2.45) is 5.73 Å². The lowest BCUT2D eigenvalue weighted by molar-refractivity contribution is -0.121.